The Kier molecular flexibility index (Phi) is 7.00. The summed E-state index contributed by atoms with van der Waals surface area (Å²) in [7, 11) is 0. The van der Waals surface area contributed by atoms with E-state index in [1.807, 2.05) is 48.5 Å². The molecule has 2 aromatic carbocycles. The predicted molar refractivity (Wildman–Crippen MR) is 101 cm³/mol. The summed E-state index contributed by atoms with van der Waals surface area (Å²) in [5.74, 6) is 0.848. The van der Waals surface area contributed by atoms with Gasteiger partial charge in [-0.15, -0.1) is 0 Å². The summed E-state index contributed by atoms with van der Waals surface area (Å²) in [6.07, 6.45) is 2.61. The highest BCUT2D eigenvalue weighted by Gasteiger charge is 2.10. The van der Waals surface area contributed by atoms with E-state index in [1.54, 1.807) is 6.21 Å². The molecule has 0 aliphatic carbocycles. The zero-order valence-corrected chi connectivity index (χ0v) is 15.4. The molecule has 24 heavy (non-hydrogen) atoms. The van der Waals surface area contributed by atoms with Crippen LogP contribution in [0.3, 0.4) is 0 Å². The van der Waals surface area contributed by atoms with Gasteiger partial charge in [0.1, 0.15) is 5.75 Å². The summed E-state index contributed by atoms with van der Waals surface area (Å²) < 4.78 is 6.65. The van der Waals surface area contributed by atoms with Gasteiger partial charge in [-0.2, -0.15) is 5.10 Å². The first-order valence-electron chi connectivity index (χ1n) is 7.89. The molecule has 1 unspecified atom stereocenters. The fourth-order valence-corrected chi connectivity index (χ4v) is 2.41. The predicted octanol–water partition coefficient (Wildman–Crippen LogP) is 4.49. The van der Waals surface area contributed by atoms with Gasteiger partial charge < -0.3 is 4.74 Å². The quantitative estimate of drug-likeness (QED) is 0.560. The summed E-state index contributed by atoms with van der Waals surface area (Å²) >= 11 is 3.37. The summed E-state index contributed by atoms with van der Waals surface area (Å²) in [5, 5.41) is 3.94. The number of carbonyl (C=O) groups excluding carboxylic acids is 1. The van der Waals surface area contributed by atoms with E-state index in [1.165, 1.54) is 0 Å². The van der Waals surface area contributed by atoms with Crippen LogP contribution in [0, 0.1) is 0 Å². The van der Waals surface area contributed by atoms with Crippen molar-refractivity contribution >= 4 is 28.1 Å². The number of para-hydroxylation sites is 1. The lowest BCUT2D eigenvalue weighted by Gasteiger charge is -2.15. The lowest BCUT2D eigenvalue weighted by molar-refractivity contribution is -0.123. The van der Waals surface area contributed by atoms with Crippen LogP contribution in [0.5, 0.6) is 5.75 Å². The molecule has 1 atom stereocenters. The third kappa shape index (κ3) is 5.49. The van der Waals surface area contributed by atoms with Crippen LogP contribution in [0.25, 0.3) is 0 Å². The average molecular weight is 389 g/mol. The van der Waals surface area contributed by atoms with Gasteiger partial charge in [0, 0.05) is 4.47 Å². The maximum Gasteiger partial charge on any atom is 0.277 e. The number of hydrogen-bond acceptors (Lipinski definition) is 3. The molecule has 0 saturated heterocycles. The van der Waals surface area contributed by atoms with Crippen LogP contribution in [0.15, 0.2) is 58.1 Å². The number of halogens is 1. The molecular formula is C19H21BrN2O2. The molecule has 1 N–H and O–H groups in total. The van der Waals surface area contributed by atoms with Crippen molar-refractivity contribution in [3.05, 3.63) is 64.1 Å². The lowest BCUT2D eigenvalue weighted by Crippen LogP contribution is -2.24. The number of hydrazone groups is 1. The summed E-state index contributed by atoms with van der Waals surface area (Å²) in [4.78, 5) is 11.9. The first kappa shape index (κ1) is 18.2. The number of nitrogens with one attached hydrogen (secondary N) is 1. The number of rotatable bonds is 7. The Morgan fingerprint density at radius 3 is 2.67 bits per heavy atom. The highest BCUT2D eigenvalue weighted by Crippen LogP contribution is 2.28. The van der Waals surface area contributed by atoms with Gasteiger partial charge in [0.2, 0.25) is 0 Å². The second kappa shape index (κ2) is 9.23. The maximum absolute atomic E-state index is 11.9. The number of ether oxygens (including phenoxy) is 1. The number of benzene rings is 2. The van der Waals surface area contributed by atoms with Crippen molar-refractivity contribution < 1.29 is 9.53 Å². The minimum absolute atomic E-state index is 0.0644. The van der Waals surface area contributed by atoms with E-state index >= 15 is 0 Å². The molecule has 0 aliphatic rings. The molecule has 0 fully saturated rings. The first-order chi connectivity index (χ1) is 11.6. The van der Waals surface area contributed by atoms with Crippen LogP contribution < -0.4 is 10.2 Å². The minimum Gasteiger partial charge on any atom is -0.483 e. The zero-order valence-electron chi connectivity index (χ0n) is 13.8. The molecule has 0 aromatic heterocycles. The van der Waals surface area contributed by atoms with E-state index in [0.29, 0.717) is 5.92 Å². The van der Waals surface area contributed by atoms with Gasteiger partial charge in [-0.25, -0.2) is 5.43 Å². The van der Waals surface area contributed by atoms with Crippen molar-refractivity contribution in [1.82, 2.24) is 5.43 Å². The SMILES string of the molecule is CCC(C)c1ccccc1OCC(=O)NN=Cc1ccc(Br)cc1. The van der Waals surface area contributed by atoms with Gasteiger partial charge in [0.05, 0.1) is 6.21 Å². The topological polar surface area (TPSA) is 50.7 Å². The highest BCUT2D eigenvalue weighted by atomic mass is 79.9. The van der Waals surface area contributed by atoms with E-state index in [-0.39, 0.29) is 12.5 Å². The molecule has 2 rings (SSSR count). The summed E-state index contributed by atoms with van der Waals surface area (Å²) in [6.45, 7) is 4.21. The Morgan fingerprint density at radius 2 is 1.96 bits per heavy atom. The minimum atomic E-state index is -0.290. The standard InChI is InChI=1S/C19H21BrN2O2/c1-3-14(2)17-6-4-5-7-18(17)24-13-19(23)22-21-12-15-8-10-16(20)11-9-15/h4-12,14H,3,13H2,1-2H3,(H,22,23). The van der Waals surface area contributed by atoms with Gasteiger partial charge in [0.15, 0.2) is 6.61 Å². The van der Waals surface area contributed by atoms with E-state index in [0.717, 1.165) is 27.8 Å². The van der Waals surface area contributed by atoms with Crippen molar-refractivity contribution in [1.29, 1.82) is 0 Å². The molecule has 5 heteroatoms. The van der Waals surface area contributed by atoms with Gasteiger partial charge >= 0.3 is 0 Å². The van der Waals surface area contributed by atoms with E-state index in [4.69, 9.17) is 4.74 Å². The molecule has 0 heterocycles. The van der Waals surface area contributed by atoms with Crippen molar-refractivity contribution in [3.63, 3.8) is 0 Å². The van der Waals surface area contributed by atoms with Crippen LogP contribution in [-0.2, 0) is 4.79 Å². The second-order valence-corrected chi connectivity index (χ2v) is 6.40. The van der Waals surface area contributed by atoms with Crippen LogP contribution in [0.4, 0.5) is 0 Å². The number of nitrogens with zero attached hydrogens (tertiary/aromatic N) is 1. The molecule has 0 bridgehead atoms. The van der Waals surface area contributed by atoms with Crippen LogP contribution >= 0.6 is 15.9 Å². The molecule has 0 saturated carbocycles. The second-order valence-electron chi connectivity index (χ2n) is 5.48. The van der Waals surface area contributed by atoms with E-state index in [2.05, 4.69) is 40.3 Å². The Bertz CT molecular complexity index is 699. The maximum atomic E-state index is 11.9. The molecule has 0 aliphatic heterocycles. The van der Waals surface area contributed by atoms with Crippen LogP contribution in [-0.4, -0.2) is 18.7 Å². The normalized spacial score (nSPS) is 12.1. The zero-order chi connectivity index (χ0) is 17.4. The first-order valence-corrected chi connectivity index (χ1v) is 8.68. The van der Waals surface area contributed by atoms with Gasteiger partial charge in [-0.3, -0.25) is 4.79 Å². The fourth-order valence-electron chi connectivity index (χ4n) is 2.14. The number of hydrogen-bond donors (Lipinski definition) is 1. The van der Waals surface area contributed by atoms with Crippen LogP contribution in [0.1, 0.15) is 37.3 Å². The van der Waals surface area contributed by atoms with Crippen LogP contribution in [0.2, 0.25) is 0 Å². The Hall–Kier alpha value is -2.14. The molecule has 4 nitrogen and oxygen atoms in total. The summed E-state index contributed by atoms with van der Waals surface area (Å²) in [6, 6.07) is 15.4. The third-order valence-electron chi connectivity index (χ3n) is 3.69. The van der Waals surface area contributed by atoms with Crippen molar-refractivity contribution in [3.8, 4) is 5.75 Å². The smallest absolute Gasteiger partial charge is 0.277 e. The molecule has 126 valence electrons. The number of carbonyl (C=O) groups is 1. The molecule has 2 aromatic rings. The van der Waals surface area contributed by atoms with Crippen molar-refractivity contribution in [2.24, 2.45) is 5.10 Å². The third-order valence-corrected chi connectivity index (χ3v) is 4.22. The Balaban J connectivity index is 1.86. The Labute approximate surface area is 151 Å². The monoisotopic (exact) mass is 388 g/mol. The molecule has 1 amide bonds. The molecule has 0 radical (unpaired) electrons. The van der Waals surface area contributed by atoms with Gasteiger partial charge in [-0.05, 0) is 41.7 Å². The van der Waals surface area contributed by atoms with Crippen molar-refractivity contribution in [2.75, 3.05) is 6.61 Å². The Morgan fingerprint density at radius 1 is 1.25 bits per heavy atom. The van der Waals surface area contributed by atoms with Crippen molar-refractivity contribution in [2.45, 2.75) is 26.2 Å². The highest BCUT2D eigenvalue weighted by molar-refractivity contribution is 9.10. The average Bonchev–Trinajstić information content (AvgIpc) is 2.61. The van der Waals surface area contributed by atoms with E-state index in [9.17, 15) is 4.79 Å². The summed E-state index contributed by atoms with van der Waals surface area (Å²) in [5.41, 5.74) is 4.49. The van der Waals surface area contributed by atoms with Gasteiger partial charge in [0.25, 0.3) is 5.91 Å². The molecule has 0 spiro atoms. The van der Waals surface area contributed by atoms with E-state index < -0.39 is 0 Å². The lowest BCUT2D eigenvalue weighted by atomic mass is 9.98. The van der Waals surface area contributed by atoms with Gasteiger partial charge in [-0.1, -0.05) is 60.1 Å². The largest absolute Gasteiger partial charge is 0.483 e. The molecular weight excluding hydrogens is 368 g/mol. The number of amides is 1. The fraction of sp³-hybridized carbons (Fsp3) is 0.263.